The van der Waals surface area contributed by atoms with Gasteiger partial charge in [0.25, 0.3) is 0 Å². The molecule has 21 heavy (non-hydrogen) atoms. The van der Waals surface area contributed by atoms with Gasteiger partial charge in [0.05, 0.1) is 5.69 Å². The number of Topliss-reactive ketones (excluding diaryl/α,β-unsaturated/α-hetero) is 1. The lowest BCUT2D eigenvalue weighted by Crippen LogP contribution is -2.13. The number of allylic oxidation sites excluding steroid dienone is 1. The molecule has 0 fully saturated rings. The van der Waals surface area contributed by atoms with Crippen molar-refractivity contribution in [1.29, 1.82) is 0 Å². The first-order valence-electron chi connectivity index (χ1n) is 7.25. The zero-order valence-electron chi connectivity index (χ0n) is 12.7. The van der Waals surface area contributed by atoms with Crippen LogP contribution in [0.25, 0.3) is 17.3 Å². The molecule has 0 aliphatic heterocycles. The van der Waals surface area contributed by atoms with E-state index in [0.717, 1.165) is 27.9 Å². The zero-order valence-corrected chi connectivity index (χ0v) is 12.7. The molecular weight excluding hydrogens is 258 g/mol. The summed E-state index contributed by atoms with van der Waals surface area (Å²) in [6.07, 6.45) is 6.53. The summed E-state index contributed by atoms with van der Waals surface area (Å²) in [4.78, 5) is 16.7. The first-order chi connectivity index (χ1) is 9.94. The molecule has 0 atom stereocenters. The van der Waals surface area contributed by atoms with E-state index >= 15 is 0 Å². The molecule has 0 saturated heterocycles. The molecule has 0 unspecified atom stereocenters. The molecule has 0 bridgehead atoms. The number of carbonyl (C=O) groups is 1. The fourth-order valence-electron chi connectivity index (χ4n) is 2.54. The van der Waals surface area contributed by atoms with E-state index in [4.69, 9.17) is 0 Å². The molecule has 1 aromatic heterocycles. The van der Waals surface area contributed by atoms with E-state index < -0.39 is 0 Å². The summed E-state index contributed by atoms with van der Waals surface area (Å²) in [6.45, 7) is 6.51. The number of aromatic nitrogens is 1. The van der Waals surface area contributed by atoms with Crippen molar-refractivity contribution in [2.45, 2.75) is 27.2 Å². The highest BCUT2D eigenvalue weighted by Gasteiger charge is 2.23. The van der Waals surface area contributed by atoms with Crippen molar-refractivity contribution in [2.24, 2.45) is 5.41 Å². The fourth-order valence-corrected chi connectivity index (χ4v) is 2.54. The number of benzene rings is 1. The van der Waals surface area contributed by atoms with Gasteiger partial charge in [0.1, 0.15) is 0 Å². The minimum Gasteiger partial charge on any atom is -0.294 e. The standard InChI is InChI=1S/C19H19NO/c1-19(2,3)9-8-13-6-7-15-16(11-13)18-14(12-17(15)21)5-4-10-20-18/h4-11H,12H2,1-3H3/b9-8+. The van der Waals surface area contributed by atoms with Crippen LogP contribution in [0.2, 0.25) is 0 Å². The van der Waals surface area contributed by atoms with Crippen LogP contribution in [0.3, 0.4) is 0 Å². The number of carbonyl (C=O) groups excluding carboxylic acids is 1. The highest BCUT2D eigenvalue weighted by Crippen LogP contribution is 2.32. The molecule has 0 saturated carbocycles. The van der Waals surface area contributed by atoms with Crippen LogP contribution >= 0.6 is 0 Å². The lowest BCUT2D eigenvalue weighted by atomic mass is 9.86. The van der Waals surface area contributed by atoms with Crippen molar-refractivity contribution in [3.8, 4) is 11.3 Å². The molecule has 1 aliphatic carbocycles. The van der Waals surface area contributed by atoms with E-state index in [9.17, 15) is 4.79 Å². The van der Waals surface area contributed by atoms with Gasteiger partial charge in [-0.2, -0.15) is 0 Å². The zero-order chi connectivity index (χ0) is 15.0. The summed E-state index contributed by atoms with van der Waals surface area (Å²) < 4.78 is 0. The molecule has 0 radical (unpaired) electrons. The Kier molecular flexibility index (Phi) is 3.25. The van der Waals surface area contributed by atoms with Crippen LogP contribution in [-0.4, -0.2) is 10.8 Å². The quantitative estimate of drug-likeness (QED) is 0.765. The molecular formula is C19H19NO. The van der Waals surface area contributed by atoms with Gasteiger partial charge in [-0.1, -0.05) is 51.1 Å². The van der Waals surface area contributed by atoms with Crippen molar-refractivity contribution < 1.29 is 4.79 Å². The Morgan fingerprint density at radius 1 is 1.14 bits per heavy atom. The number of fused-ring (bicyclic) bond motifs is 3. The number of ketones is 1. The van der Waals surface area contributed by atoms with E-state index in [1.807, 2.05) is 24.3 Å². The summed E-state index contributed by atoms with van der Waals surface area (Å²) in [5.41, 5.74) is 4.95. The maximum atomic E-state index is 12.2. The molecule has 0 N–H and O–H groups in total. The topological polar surface area (TPSA) is 30.0 Å². The molecule has 2 heteroatoms. The van der Waals surface area contributed by atoms with Gasteiger partial charge in [0.15, 0.2) is 5.78 Å². The molecule has 1 heterocycles. The SMILES string of the molecule is CC(C)(C)/C=C/c1ccc2c(c1)-c1ncccc1CC2=O. The Labute approximate surface area is 125 Å². The van der Waals surface area contributed by atoms with Crippen LogP contribution in [0.15, 0.2) is 42.6 Å². The number of hydrogen-bond acceptors (Lipinski definition) is 2. The molecule has 106 valence electrons. The van der Waals surface area contributed by atoms with E-state index in [2.05, 4.69) is 44.0 Å². The van der Waals surface area contributed by atoms with Gasteiger partial charge in [0, 0.05) is 23.7 Å². The number of nitrogens with zero attached hydrogens (tertiary/aromatic N) is 1. The molecule has 2 nitrogen and oxygen atoms in total. The second kappa shape index (κ2) is 4.96. The minimum absolute atomic E-state index is 0.141. The van der Waals surface area contributed by atoms with E-state index in [1.54, 1.807) is 6.20 Å². The Hall–Kier alpha value is -2.22. The summed E-state index contributed by atoms with van der Waals surface area (Å²) in [5, 5.41) is 0. The maximum Gasteiger partial charge on any atom is 0.167 e. The summed E-state index contributed by atoms with van der Waals surface area (Å²) in [7, 11) is 0. The number of hydrogen-bond donors (Lipinski definition) is 0. The number of pyridine rings is 1. The van der Waals surface area contributed by atoms with Crippen LogP contribution in [0, 0.1) is 5.41 Å². The third-order valence-electron chi connectivity index (χ3n) is 3.62. The molecule has 1 aliphatic rings. The third-order valence-corrected chi connectivity index (χ3v) is 3.62. The van der Waals surface area contributed by atoms with Crippen molar-refractivity contribution in [1.82, 2.24) is 4.98 Å². The van der Waals surface area contributed by atoms with E-state index in [1.165, 1.54) is 0 Å². The van der Waals surface area contributed by atoms with Gasteiger partial charge >= 0.3 is 0 Å². The Morgan fingerprint density at radius 3 is 2.71 bits per heavy atom. The summed E-state index contributed by atoms with van der Waals surface area (Å²) in [5.74, 6) is 0.178. The maximum absolute atomic E-state index is 12.2. The van der Waals surface area contributed by atoms with Gasteiger partial charge in [-0.3, -0.25) is 9.78 Å². The largest absolute Gasteiger partial charge is 0.294 e. The Balaban J connectivity index is 2.10. The Morgan fingerprint density at radius 2 is 1.95 bits per heavy atom. The average molecular weight is 277 g/mol. The predicted octanol–water partition coefficient (Wildman–Crippen LogP) is 4.55. The first kappa shape index (κ1) is 13.7. The monoisotopic (exact) mass is 277 g/mol. The second-order valence-corrected chi connectivity index (χ2v) is 6.62. The van der Waals surface area contributed by atoms with E-state index in [0.29, 0.717) is 6.42 Å². The molecule has 0 spiro atoms. The summed E-state index contributed by atoms with van der Waals surface area (Å²) in [6, 6.07) is 9.88. The lowest BCUT2D eigenvalue weighted by Gasteiger charge is -2.18. The van der Waals surface area contributed by atoms with Crippen molar-refractivity contribution >= 4 is 11.9 Å². The van der Waals surface area contributed by atoms with Gasteiger partial charge in [-0.05, 0) is 28.7 Å². The fraction of sp³-hybridized carbons (Fsp3) is 0.263. The molecule has 2 aromatic rings. The minimum atomic E-state index is 0.141. The van der Waals surface area contributed by atoms with E-state index in [-0.39, 0.29) is 11.2 Å². The smallest absolute Gasteiger partial charge is 0.167 e. The Bertz CT molecular complexity index is 735. The number of rotatable bonds is 1. The van der Waals surface area contributed by atoms with Crippen molar-refractivity contribution in [3.05, 3.63) is 59.3 Å². The van der Waals surface area contributed by atoms with Crippen LogP contribution in [0.4, 0.5) is 0 Å². The van der Waals surface area contributed by atoms with Gasteiger partial charge in [-0.25, -0.2) is 0 Å². The van der Waals surface area contributed by atoms with Crippen LogP contribution in [0.5, 0.6) is 0 Å². The highest BCUT2D eigenvalue weighted by atomic mass is 16.1. The molecule has 3 rings (SSSR count). The second-order valence-electron chi connectivity index (χ2n) is 6.62. The predicted molar refractivity (Wildman–Crippen MR) is 86.2 cm³/mol. The van der Waals surface area contributed by atoms with Gasteiger partial charge in [0.2, 0.25) is 0 Å². The normalized spacial score (nSPS) is 14.1. The summed E-state index contributed by atoms with van der Waals surface area (Å²) >= 11 is 0. The van der Waals surface area contributed by atoms with Gasteiger partial charge in [-0.15, -0.1) is 0 Å². The van der Waals surface area contributed by atoms with Gasteiger partial charge < -0.3 is 0 Å². The first-order valence-corrected chi connectivity index (χ1v) is 7.25. The average Bonchev–Trinajstić information content (AvgIpc) is 2.44. The third kappa shape index (κ3) is 2.80. The van der Waals surface area contributed by atoms with Crippen molar-refractivity contribution in [2.75, 3.05) is 0 Å². The molecule has 1 aromatic carbocycles. The molecule has 0 amide bonds. The lowest BCUT2D eigenvalue weighted by molar-refractivity contribution is 0.0991. The highest BCUT2D eigenvalue weighted by molar-refractivity contribution is 6.07. The van der Waals surface area contributed by atoms with Crippen LogP contribution in [0.1, 0.15) is 42.3 Å². The van der Waals surface area contributed by atoms with Crippen LogP contribution in [-0.2, 0) is 6.42 Å². The van der Waals surface area contributed by atoms with Crippen molar-refractivity contribution in [3.63, 3.8) is 0 Å². The van der Waals surface area contributed by atoms with Crippen LogP contribution < -0.4 is 0 Å².